The van der Waals surface area contributed by atoms with Crippen molar-refractivity contribution in [1.29, 1.82) is 0 Å². The number of carbonyl (C=O) groups is 1. The first kappa shape index (κ1) is 12.5. The van der Waals surface area contributed by atoms with E-state index in [2.05, 4.69) is 11.9 Å². The van der Waals surface area contributed by atoms with E-state index in [9.17, 15) is 4.79 Å². The lowest BCUT2D eigenvalue weighted by molar-refractivity contribution is -0.156. The molecule has 1 unspecified atom stereocenters. The normalized spacial score (nSPS) is 23.9. The molecule has 1 aliphatic rings. The minimum absolute atomic E-state index is 0.0530. The smallest absolute Gasteiger partial charge is 0.306 e. The Bertz CT molecular complexity index is 220. The number of hydrogen-bond acceptors (Lipinski definition) is 3. The lowest BCUT2D eigenvalue weighted by Gasteiger charge is -2.30. The third-order valence-electron chi connectivity index (χ3n) is 2.60. The van der Waals surface area contributed by atoms with Gasteiger partial charge in [0.25, 0.3) is 0 Å². The summed E-state index contributed by atoms with van der Waals surface area (Å²) in [5, 5.41) is 0. The van der Waals surface area contributed by atoms with Crippen LogP contribution in [0.4, 0.5) is 0 Å². The van der Waals surface area contributed by atoms with Gasteiger partial charge in [-0.25, -0.2) is 0 Å². The average molecular weight is 213 g/mol. The number of rotatable bonds is 2. The number of esters is 1. The molecule has 0 spiro atoms. The second kappa shape index (κ2) is 4.97. The quantitative estimate of drug-likeness (QED) is 0.658. The highest BCUT2D eigenvalue weighted by Gasteiger charge is 2.23. The fourth-order valence-corrected chi connectivity index (χ4v) is 2.06. The van der Waals surface area contributed by atoms with E-state index in [-0.39, 0.29) is 11.6 Å². The lowest BCUT2D eigenvalue weighted by Crippen LogP contribution is -2.34. The maximum absolute atomic E-state index is 11.6. The van der Waals surface area contributed by atoms with Gasteiger partial charge in [0.05, 0.1) is 0 Å². The molecule has 3 heteroatoms. The molecular formula is C12H23NO2. The van der Waals surface area contributed by atoms with Crippen molar-refractivity contribution in [3.05, 3.63) is 0 Å². The van der Waals surface area contributed by atoms with Gasteiger partial charge in [0.2, 0.25) is 0 Å². The summed E-state index contributed by atoms with van der Waals surface area (Å²) in [5.41, 5.74) is -0.350. The van der Waals surface area contributed by atoms with Crippen LogP contribution in [0.3, 0.4) is 0 Å². The molecule has 1 heterocycles. The Morgan fingerprint density at radius 3 is 2.67 bits per heavy atom. The minimum Gasteiger partial charge on any atom is -0.460 e. The van der Waals surface area contributed by atoms with Crippen molar-refractivity contribution in [2.75, 3.05) is 20.1 Å². The lowest BCUT2D eigenvalue weighted by atomic mass is 9.95. The fraction of sp³-hybridized carbons (Fsp3) is 0.917. The SMILES string of the molecule is CN1CCCC(CC(=O)OC(C)(C)C)C1. The molecule has 15 heavy (non-hydrogen) atoms. The second-order valence-corrected chi connectivity index (χ2v) is 5.56. The summed E-state index contributed by atoms with van der Waals surface area (Å²) >= 11 is 0. The number of hydrogen-bond donors (Lipinski definition) is 0. The maximum atomic E-state index is 11.6. The summed E-state index contributed by atoms with van der Waals surface area (Å²) in [7, 11) is 2.11. The van der Waals surface area contributed by atoms with Crippen molar-refractivity contribution in [3.8, 4) is 0 Å². The molecule has 0 aliphatic carbocycles. The van der Waals surface area contributed by atoms with E-state index in [4.69, 9.17) is 4.74 Å². The van der Waals surface area contributed by atoms with Crippen LogP contribution >= 0.6 is 0 Å². The highest BCUT2D eigenvalue weighted by Crippen LogP contribution is 2.20. The molecule has 0 saturated carbocycles. The Morgan fingerprint density at radius 1 is 1.47 bits per heavy atom. The Labute approximate surface area is 92.8 Å². The summed E-state index contributed by atoms with van der Waals surface area (Å²) in [4.78, 5) is 13.9. The Morgan fingerprint density at radius 2 is 2.13 bits per heavy atom. The van der Waals surface area contributed by atoms with Gasteiger partial charge in [0.15, 0.2) is 0 Å². The zero-order chi connectivity index (χ0) is 11.5. The van der Waals surface area contributed by atoms with Gasteiger partial charge in [-0.05, 0) is 53.1 Å². The first-order chi connectivity index (χ1) is 6.87. The van der Waals surface area contributed by atoms with E-state index in [1.807, 2.05) is 20.8 Å². The van der Waals surface area contributed by atoms with Crippen molar-refractivity contribution >= 4 is 5.97 Å². The van der Waals surface area contributed by atoms with Gasteiger partial charge < -0.3 is 9.64 Å². The number of ether oxygens (including phenoxy) is 1. The van der Waals surface area contributed by atoms with Crippen LogP contribution in [0, 0.1) is 5.92 Å². The Kier molecular flexibility index (Phi) is 4.14. The first-order valence-electron chi connectivity index (χ1n) is 5.77. The van der Waals surface area contributed by atoms with Gasteiger partial charge in [0, 0.05) is 13.0 Å². The largest absolute Gasteiger partial charge is 0.460 e. The fourth-order valence-electron chi connectivity index (χ4n) is 2.06. The first-order valence-corrected chi connectivity index (χ1v) is 5.77. The number of likely N-dealkylation sites (tertiary alicyclic amines) is 1. The predicted octanol–water partition coefficient (Wildman–Crippen LogP) is 2.06. The topological polar surface area (TPSA) is 29.5 Å². The predicted molar refractivity (Wildman–Crippen MR) is 60.7 cm³/mol. The van der Waals surface area contributed by atoms with Gasteiger partial charge in [-0.2, -0.15) is 0 Å². The van der Waals surface area contributed by atoms with E-state index in [0.29, 0.717) is 12.3 Å². The van der Waals surface area contributed by atoms with Gasteiger partial charge in [-0.1, -0.05) is 0 Å². The zero-order valence-electron chi connectivity index (χ0n) is 10.4. The number of nitrogens with zero attached hydrogens (tertiary/aromatic N) is 1. The van der Waals surface area contributed by atoms with E-state index in [1.165, 1.54) is 6.42 Å². The molecule has 1 atom stereocenters. The summed E-state index contributed by atoms with van der Waals surface area (Å²) in [6.07, 6.45) is 2.93. The zero-order valence-corrected chi connectivity index (χ0v) is 10.4. The average Bonchev–Trinajstić information content (AvgIpc) is 1.99. The van der Waals surface area contributed by atoms with Gasteiger partial charge in [0.1, 0.15) is 5.60 Å². The van der Waals surface area contributed by atoms with Crippen LogP contribution in [-0.2, 0) is 9.53 Å². The highest BCUT2D eigenvalue weighted by atomic mass is 16.6. The van der Waals surface area contributed by atoms with Gasteiger partial charge >= 0.3 is 5.97 Å². The van der Waals surface area contributed by atoms with Crippen molar-refractivity contribution in [2.45, 2.75) is 45.6 Å². The van der Waals surface area contributed by atoms with Crippen molar-refractivity contribution in [3.63, 3.8) is 0 Å². The van der Waals surface area contributed by atoms with Crippen LogP contribution < -0.4 is 0 Å². The van der Waals surface area contributed by atoms with Crippen LogP contribution in [0.15, 0.2) is 0 Å². The van der Waals surface area contributed by atoms with E-state index in [1.54, 1.807) is 0 Å². The van der Waals surface area contributed by atoms with Crippen molar-refractivity contribution in [1.82, 2.24) is 4.90 Å². The van der Waals surface area contributed by atoms with Crippen LogP contribution in [0.5, 0.6) is 0 Å². The molecule has 3 nitrogen and oxygen atoms in total. The van der Waals surface area contributed by atoms with Crippen LogP contribution in [0.25, 0.3) is 0 Å². The molecule has 0 aromatic heterocycles. The molecule has 0 N–H and O–H groups in total. The molecule has 0 bridgehead atoms. The highest BCUT2D eigenvalue weighted by molar-refractivity contribution is 5.70. The molecule has 0 amide bonds. The molecule has 88 valence electrons. The molecule has 1 fully saturated rings. The van der Waals surface area contributed by atoms with Crippen LogP contribution in [-0.4, -0.2) is 36.6 Å². The van der Waals surface area contributed by atoms with Crippen LogP contribution in [0.1, 0.15) is 40.0 Å². The molecule has 0 aromatic carbocycles. The summed E-state index contributed by atoms with van der Waals surface area (Å²) in [6.45, 7) is 7.93. The Hall–Kier alpha value is -0.570. The summed E-state index contributed by atoms with van der Waals surface area (Å²) in [6, 6.07) is 0. The maximum Gasteiger partial charge on any atom is 0.306 e. The molecule has 0 radical (unpaired) electrons. The van der Waals surface area contributed by atoms with Crippen LogP contribution in [0.2, 0.25) is 0 Å². The molecule has 1 saturated heterocycles. The molecule has 0 aromatic rings. The van der Waals surface area contributed by atoms with E-state index in [0.717, 1.165) is 19.5 Å². The standard InChI is InChI=1S/C12H23NO2/c1-12(2,3)15-11(14)8-10-6-5-7-13(4)9-10/h10H,5-9H2,1-4H3. The summed E-state index contributed by atoms with van der Waals surface area (Å²) in [5.74, 6) is 0.432. The van der Waals surface area contributed by atoms with Gasteiger partial charge in [-0.15, -0.1) is 0 Å². The monoisotopic (exact) mass is 213 g/mol. The molecule has 1 rings (SSSR count). The minimum atomic E-state index is -0.350. The van der Waals surface area contributed by atoms with E-state index >= 15 is 0 Å². The number of carbonyl (C=O) groups excluding carboxylic acids is 1. The van der Waals surface area contributed by atoms with Crippen molar-refractivity contribution in [2.24, 2.45) is 5.92 Å². The van der Waals surface area contributed by atoms with E-state index < -0.39 is 0 Å². The number of piperidine rings is 1. The van der Waals surface area contributed by atoms with Gasteiger partial charge in [-0.3, -0.25) is 4.79 Å². The third kappa shape index (κ3) is 5.17. The molecule has 1 aliphatic heterocycles. The third-order valence-corrected chi connectivity index (χ3v) is 2.60. The Balaban J connectivity index is 2.31. The second-order valence-electron chi connectivity index (χ2n) is 5.56. The van der Waals surface area contributed by atoms with Crippen molar-refractivity contribution < 1.29 is 9.53 Å². The molecular weight excluding hydrogens is 190 g/mol. The summed E-state index contributed by atoms with van der Waals surface area (Å²) < 4.78 is 5.32.